The van der Waals surface area contributed by atoms with E-state index in [1.54, 1.807) is 38.7 Å². The van der Waals surface area contributed by atoms with E-state index in [1.807, 2.05) is 75.4 Å². The van der Waals surface area contributed by atoms with Gasteiger partial charge in [0.2, 0.25) is 0 Å². The lowest BCUT2D eigenvalue weighted by Gasteiger charge is -2.51. The zero-order chi connectivity index (χ0) is 38.2. The summed E-state index contributed by atoms with van der Waals surface area (Å²) >= 11 is 2.91. The molecule has 3 aliphatic rings. The van der Waals surface area contributed by atoms with Crippen LogP contribution in [0.4, 0.5) is 5.69 Å². The maximum absolute atomic E-state index is 15.0. The van der Waals surface area contributed by atoms with E-state index >= 15 is 4.79 Å². The minimum Gasteiger partial charge on any atom is -0.463 e. The van der Waals surface area contributed by atoms with Crippen LogP contribution in [-0.4, -0.2) is 65.8 Å². The van der Waals surface area contributed by atoms with Crippen LogP contribution in [0.5, 0.6) is 0 Å². The molecule has 0 unspecified atom stereocenters. The molecule has 0 saturated heterocycles. The number of aryl methyl sites for hydroxylation is 1. The molecular weight excluding hydrogens is 735 g/mol. The molecule has 0 aliphatic carbocycles. The van der Waals surface area contributed by atoms with Crippen molar-refractivity contribution in [2.24, 2.45) is 0 Å². The van der Waals surface area contributed by atoms with Gasteiger partial charge in [0.15, 0.2) is 0 Å². The molecule has 13 heteroatoms. The van der Waals surface area contributed by atoms with E-state index in [2.05, 4.69) is 0 Å². The molecule has 0 N–H and O–H groups in total. The second-order valence-corrected chi connectivity index (χ2v) is 16.3. The lowest BCUT2D eigenvalue weighted by Crippen LogP contribution is -2.54. The standard InChI is InChI=1S/C40H39NO9S3/c1-8-47-35(43)29-30(36(44)48-9-2)51-33-28(40(29)52-31(37(45)49-10-3)32(53-40)38(46)50-11-4)26-21-22(5)19-20-27(26)41(39(33,6)7)34(42)25-18-14-16-23-15-12-13-17-24(23)25/h12-21H,8-11H2,1-7H3. The van der Waals surface area contributed by atoms with Crippen LogP contribution < -0.4 is 4.90 Å². The molecule has 53 heavy (non-hydrogen) atoms. The Morgan fingerprint density at radius 2 is 1.23 bits per heavy atom. The number of nitrogens with zero attached hydrogens (tertiary/aromatic N) is 1. The van der Waals surface area contributed by atoms with Crippen molar-refractivity contribution in [2.75, 3.05) is 31.3 Å². The second kappa shape index (κ2) is 15.1. The van der Waals surface area contributed by atoms with Crippen LogP contribution in [0.3, 0.4) is 0 Å². The molecule has 10 nitrogen and oxygen atoms in total. The van der Waals surface area contributed by atoms with Gasteiger partial charge in [-0.1, -0.05) is 83.3 Å². The molecule has 3 aliphatic heterocycles. The van der Waals surface area contributed by atoms with Gasteiger partial charge in [-0.3, -0.25) is 9.69 Å². The van der Waals surface area contributed by atoms with E-state index in [1.165, 1.54) is 0 Å². The third-order valence-corrected chi connectivity index (χ3v) is 13.5. The number of fused-ring (bicyclic) bond motifs is 4. The van der Waals surface area contributed by atoms with Crippen molar-refractivity contribution in [1.82, 2.24) is 0 Å². The third kappa shape index (κ3) is 6.46. The summed E-state index contributed by atoms with van der Waals surface area (Å²) in [6, 6.07) is 18.9. The molecule has 1 amide bonds. The molecule has 3 aromatic carbocycles. The maximum Gasteiger partial charge on any atom is 0.346 e. The molecule has 0 radical (unpaired) electrons. The predicted molar refractivity (Wildman–Crippen MR) is 209 cm³/mol. The Labute approximate surface area is 320 Å². The summed E-state index contributed by atoms with van der Waals surface area (Å²) in [5.41, 5.74) is 1.75. The first-order valence-corrected chi connectivity index (χ1v) is 19.7. The third-order valence-electron chi connectivity index (χ3n) is 8.88. The number of hydrogen-bond donors (Lipinski definition) is 0. The summed E-state index contributed by atoms with van der Waals surface area (Å²) in [7, 11) is 0. The Bertz CT molecular complexity index is 2130. The maximum atomic E-state index is 15.0. The van der Waals surface area contributed by atoms with Gasteiger partial charge in [-0.2, -0.15) is 0 Å². The normalized spacial score (nSPS) is 17.1. The molecule has 1 spiro atoms. The van der Waals surface area contributed by atoms with E-state index in [-0.39, 0.29) is 52.6 Å². The first-order chi connectivity index (χ1) is 25.4. The van der Waals surface area contributed by atoms with Crippen molar-refractivity contribution in [3.05, 3.63) is 103 Å². The molecule has 0 bridgehead atoms. The average molecular weight is 774 g/mol. The Morgan fingerprint density at radius 3 is 1.83 bits per heavy atom. The van der Waals surface area contributed by atoms with E-state index in [0.717, 1.165) is 51.6 Å². The number of benzene rings is 3. The number of thioether (sulfide) groups is 3. The number of hydrogen-bond acceptors (Lipinski definition) is 12. The van der Waals surface area contributed by atoms with Gasteiger partial charge in [0.05, 0.1) is 43.2 Å². The van der Waals surface area contributed by atoms with Gasteiger partial charge >= 0.3 is 23.9 Å². The number of ether oxygens (including phenoxy) is 4. The van der Waals surface area contributed by atoms with Crippen molar-refractivity contribution in [3.8, 4) is 0 Å². The SMILES string of the molecule is CCOC(=O)C1=C(C(=O)OCC)SC2(S1)C(C(=O)OCC)=C(C(=O)OCC)SC1=C2c2cc(C)ccc2N(C(=O)c2cccc3ccccc23)C1(C)C. The quantitative estimate of drug-likeness (QED) is 0.155. The first kappa shape index (κ1) is 38.3. The fraction of sp³-hybridized carbons (Fsp3) is 0.325. The molecule has 0 saturated carbocycles. The summed E-state index contributed by atoms with van der Waals surface area (Å²) in [6.45, 7) is 12.3. The monoisotopic (exact) mass is 773 g/mol. The molecule has 0 fully saturated rings. The van der Waals surface area contributed by atoms with E-state index in [9.17, 15) is 19.2 Å². The van der Waals surface area contributed by atoms with E-state index in [0.29, 0.717) is 27.3 Å². The summed E-state index contributed by atoms with van der Waals surface area (Å²) in [5, 5.41) is 1.68. The molecule has 6 rings (SSSR count). The van der Waals surface area contributed by atoms with Crippen LogP contribution in [0.25, 0.3) is 16.3 Å². The largest absolute Gasteiger partial charge is 0.463 e. The number of anilines is 1. The topological polar surface area (TPSA) is 126 Å². The first-order valence-electron chi connectivity index (χ1n) is 17.3. The smallest absolute Gasteiger partial charge is 0.346 e. The second-order valence-electron chi connectivity index (χ2n) is 12.6. The van der Waals surface area contributed by atoms with Crippen LogP contribution in [0.1, 0.15) is 63.0 Å². The Balaban J connectivity index is 1.69. The van der Waals surface area contributed by atoms with E-state index < -0.39 is 33.5 Å². The lowest BCUT2D eigenvalue weighted by atomic mass is 9.82. The highest BCUT2D eigenvalue weighted by Crippen LogP contribution is 2.71. The van der Waals surface area contributed by atoms with Crippen LogP contribution >= 0.6 is 35.3 Å². The average Bonchev–Trinajstić information content (AvgIpc) is 3.52. The Morgan fingerprint density at radius 1 is 0.679 bits per heavy atom. The minimum absolute atomic E-state index is 0.00963. The van der Waals surface area contributed by atoms with Crippen molar-refractivity contribution in [2.45, 2.75) is 58.1 Å². The Hall–Kier alpha value is -4.46. The predicted octanol–water partition coefficient (Wildman–Crippen LogP) is 7.94. The lowest BCUT2D eigenvalue weighted by molar-refractivity contribution is -0.141. The van der Waals surface area contributed by atoms with Crippen molar-refractivity contribution in [1.29, 1.82) is 0 Å². The summed E-state index contributed by atoms with van der Waals surface area (Å²) in [5.74, 6) is -3.44. The number of esters is 4. The van der Waals surface area contributed by atoms with Crippen LogP contribution in [0.15, 0.2) is 85.9 Å². The molecule has 3 aromatic rings. The van der Waals surface area contributed by atoms with Crippen molar-refractivity contribution < 1.29 is 42.9 Å². The summed E-state index contributed by atoms with van der Waals surface area (Å²) < 4.78 is 20.4. The summed E-state index contributed by atoms with van der Waals surface area (Å²) in [6.07, 6.45) is 0. The number of amides is 1. The minimum atomic E-state index is -1.66. The molecule has 0 atom stereocenters. The number of carbonyl (C=O) groups excluding carboxylic acids is 5. The van der Waals surface area contributed by atoms with Crippen LogP contribution in [-0.2, 0) is 38.1 Å². The fourth-order valence-corrected chi connectivity index (χ4v) is 11.7. The van der Waals surface area contributed by atoms with Gasteiger partial charge in [-0.25, -0.2) is 19.2 Å². The van der Waals surface area contributed by atoms with Crippen molar-refractivity contribution in [3.63, 3.8) is 0 Å². The van der Waals surface area contributed by atoms with E-state index in [4.69, 9.17) is 18.9 Å². The van der Waals surface area contributed by atoms with Gasteiger partial charge in [-0.05, 0) is 77.4 Å². The highest BCUT2D eigenvalue weighted by Gasteiger charge is 2.62. The molecule has 276 valence electrons. The van der Waals surface area contributed by atoms with Crippen LogP contribution in [0, 0.1) is 6.92 Å². The van der Waals surface area contributed by atoms with Gasteiger partial charge < -0.3 is 18.9 Å². The zero-order valence-electron chi connectivity index (χ0n) is 30.4. The van der Waals surface area contributed by atoms with Crippen LogP contribution in [0.2, 0.25) is 0 Å². The molecular formula is C40H39NO9S3. The number of carbonyl (C=O) groups is 5. The van der Waals surface area contributed by atoms with Gasteiger partial charge in [0.25, 0.3) is 5.91 Å². The molecule has 0 aromatic heterocycles. The highest BCUT2D eigenvalue weighted by atomic mass is 32.2. The number of rotatable bonds is 9. The zero-order valence-corrected chi connectivity index (χ0v) is 32.9. The van der Waals surface area contributed by atoms with Gasteiger partial charge in [0, 0.05) is 21.6 Å². The summed E-state index contributed by atoms with van der Waals surface area (Å²) in [4.78, 5) is 72.8. The van der Waals surface area contributed by atoms with Crippen molar-refractivity contribution >= 4 is 87.1 Å². The fourth-order valence-electron chi connectivity index (χ4n) is 6.74. The van der Waals surface area contributed by atoms with Gasteiger partial charge in [0.1, 0.15) is 18.8 Å². The highest BCUT2D eigenvalue weighted by molar-refractivity contribution is 8.26. The molecule has 3 heterocycles. The Kier molecular flexibility index (Phi) is 10.9. The van der Waals surface area contributed by atoms with Gasteiger partial charge in [-0.15, -0.1) is 0 Å².